The molecule has 5 heteroatoms. The number of aliphatic carboxylic acids is 1. The van der Waals surface area contributed by atoms with Crippen molar-refractivity contribution in [1.29, 1.82) is 0 Å². The number of hydrogen-bond acceptors (Lipinski definition) is 4. The predicted molar refractivity (Wildman–Crippen MR) is 78.5 cm³/mol. The van der Waals surface area contributed by atoms with Gasteiger partial charge in [0.05, 0.1) is 27.7 Å². The van der Waals surface area contributed by atoms with Crippen LogP contribution in [0.5, 0.6) is 5.75 Å². The lowest BCUT2D eigenvalue weighted by Crippen LogP contribution is -2.16. The van der Waals surface area contributed by atoms with Crippen LogP contribution in [-0.4, -0.2) is 22.7 Å². The summed E-state index contributed by atoms with van der Waals surface area (Å²) in [5, 5.41) is 10.2. The average Bonchev–Trinajstić information content (AvgIpc) is 3.04. The average molecular weight is 291 g/mol. The van der Waals surface area contributed by atoms with Gasteiger partial charge in [0.1, 0.15) is 5.75 Å². The lowest BCUT2D eigenvalue weighted by atomic mass is 9.97. The van der Waals surface area contributed by atoms with Crippen LogP contribution in [0.25, 0.3) is 10.2 Å². The van der Waals surface area contributed by atoms with Gasteiger partial charge in [0.15, 0.2) is 0 Å². The molecule has 2 atom stereocenters. The van der Waals surface area contributed by atoms with E-state index in [0.29, 0.717) is 6.61 Å². The number of hydrogen-bond donors (Lipinski definition) is 1. The van der Waals surface area contributed by atoms with Crippen molar-refractivity contribution in [3.05, 3.63) is 23.2 Å². The molecule has 4 nitrogen and oxygen atoms in total. The van der Waals surface area contributed by atoms with Crippen LogP contribution in [0.2, 0.25) is 0 Å². The van der Waals surface area contributed by atoms with Gasteiger partial charge in [-0.05, 0) is 38.0 Å². The second-order valence-corrected chi connectivity index (χ2v) is 6.16. The van der Waals surface area contributed by atoms with Crippen LogP contribution in [0.15, 0.2) is 18.2 Å². The van der Waals surface area contributed by atoms with E-state index >= 15 is 0 Å². The Morgan fingerprint density at radius 3 is 3.10 bits per heavy atom. The second-order valence-electron chi connectivity index (χ2n) is 5.10. The summed E-state index contributed by atoms with van der Waals surface area (Å²) < 4.78 is 6.56. The normalized spacial score (nSPS) is 22.2. The van der Waals surface area contributed by atoms with E-state index in [1.165, 1.54) is 0 Å². The maximum absolute atomic E-state index is 11.3. The molecule has 1 aromatic heterocycles. The molecule has 1 saturated carbocycles. The predicted octanol–water partition coefficient (Wildman–Crippen LogP) is 3.66. The van der Waals surface area contributed by atoms with E-state index in [1.54, 1.807) is 11.3 Å². The first-order valence-electron chi connectivity index (χ1n) is 6.95. The van der Waals surface area contributed by atoms with Gasteiger partial charge < -0.3 is 9.84 Å². The van der Waals surface area contributed by atoms with Crippen LogP contribution in [-0.2, 0) is 4.79 Å². The third-order valence-corrected chi connectivity index (χ3v) is 4.99. The monoisotopic (exact) mass is 291 g/mol. The van der Waals surface area contributed by atoms with E-state index in [1.807, 2.05) is 25.1 Å². The first kappa shape index (κ1) is 13.4. The van der Waals surface area contributed by atoms with E-state index < -0.39 is 5.97 Å². The quantitative estimate of drug-likeness (QED) is 0.933. The number of ether oxygens (including phenoxy) is 1. The number of nitrogens with zero attached hydrogens (tertiary/aromatic N) is 1. The Kier molecular flexibility index (Phi) is 3.61. The molecule has 1 aliphatic rings. The first-order chi connectivity index (χ1) is 9.69. The highest BCUT2D eigenvalue weighted by atomic mass is 32.1. The maximum atomic E-state index is 11.3. The summed E-state index contributed by atoms with van der Waals surface area (Å²) in [6.45, 7) is 2.60. The van der Waals surface area contributed by atoms with Crippen LogP contribution in [0.3, 0.4) is 0 Å². The number of thiazole rings is 1. The van der Waals surface area contributed by atoms with E-state index in [4.69, 9.17) is 4.74 Å². The third-order valence-electron chi connectivity index (χ3n) is 3.84. The Hall–Kier alpha value is -1.62. The summed E-state index contributed by atoms with van der Waals surface area (Å²) >= 11 is 1.60. The van der Waals surface area contributed by atoms with Gasteiger partial charge >= 0.3 is 5.97 Å². The van der Waals surface area contributed by atoms with Crippen LogP contribution >= 0.6 is 11.3 Å². The van der Waals surface area contributed by atoms with Gasteiger partial charge in [0.25, 0.3) is 0 Å². The van der Waals surface area contributed by atoms with E-state index in [0.717, 1.165) is 40.2 Å². The summed E-state index contributed by atoms with van der Waals surface area (Å²) in [6.07, 6.45) is 2.66. The van der Waals surface area contributed by atoms with Crippen molar-refractivity contribution in [1.82, 2.24) is 4.98 Å². The van der Waals surface area contributed by atoms with Gasteiger partial charge in [-0.3, -0.25) is 4.79 Å². The van der Waals surface area contributed by atoms with Crippen LogP contribution in [0.4, 0.5) is 0 Å². The second kappa shape index (κ2) is 5.40. The molecule has 0 spiro atoms. The molecule has 106 valence electrons. The Labute approximate surface area is 121 Å². The van der Waals surface area contributed by atoms with E-state index in [-0.39, 0.29) is 11.8 Å². The molecule has 0 radical (unpaired) electrons. The number of carboxylic acids is 1. The van der Waals surface area contributed by atoms with Crippen LogP contribution in [0.1, 0.15) is 37.1 Å². The first-order valence-corrected chi connectivity index (χ1v) is 7.76. The molecular formula is C15H17NO3S. The molecule has 0 bridgehead atoms. The Balaban J connectivity index is 1.94. The van der Waals surface area contributed by atoms with Crippen LogP contribution < -0.4 is 4.74 Å². The lowest BCUT2D eigenvalue weighted by molar-refractivity contribution is -0.142. The van der Waals surface area contributed by atoms with Crippen molar-refractivity contribution >= 4 is 27.5 Å². The van der Waals surface area contributed by atoms with Gasteiger partial charge in [-0.25, -0.2) is 4.98 Å². The minimum atomic E-state index is -0.693. The molecule has 3 rings (SSSR count). The van der Waals surface area contributed by atoms with Gasteiger partial charge in [-0.2, -0.15) is 0 Å². The largest absolute Gasteiger partial charge is 0.494 e. The zero-order valence-corrected chi connectivity index (χ0v) is 12.2. The highest BCUT2D eigenvalue weighted by Crippen LogP contribution is 2.42. The maximum Gasteiger partial charge on any atom is 0.307 e. The number of fused-ring (bicyclic) bond motifs is 1. The molecule has 1 aromatic carbocycles. The van der Waals surface area contributed by atoms with Crippen molar-refractivity contribution in [3.8, 4) is 5.75 Å². The van der Waals surface area contributed by atoms with Crippen molar-refractivity contribution in [2.24, 2.45) is 5.92 Å². The van der Waals surface area contributed by atoms with Crippen molar-refractivity contribution in [3.63, 3.8) is 0 Å². The molecule has 20 heavy (non-hydrogen) atoms. The topological polar surface area (TPSA) is 59.4 Å². The van der Waals surface area contributed by atoms with E-state index in [9.17, 15) is 9.90 Å². The fourth-order valence-electron chi connectivity index (χ4n) is 2.89. The molecule has 2 unspecified atom stereocenters. The zero-order chi connectivity index (χ0) is 14.1. The molecule has 1 aliphatic carbocycles. The molecule has 1 N–H and O–H groups in total. The lowest BCUT2D eigenvalue weighted by Gasteiger charge is -2.11. The smallest absolute Gasteiger partial charge is 0.307 e. The van der Waals surface area contributed by atoms with Gasteiger partial charge in [-0.1, -0.05) is 6.42 Å². The van der Waals surface area contributed by atoms with Gasteiger partial charge in [0.2, 0.25) is 0 Å². The molecule has 1 fully saturated rings. The molecule has 1 heterocycles. The van der Waals surface area contributed by atoms with Crippen molar-refractivity contribution < 1.29 is 14.6 Å². The number of carbonyl (C=O) groups is 1. The Morgan fingerprint density at radius 2 is 2.35 bits per heavy atom. The minimum Gasteiger partial charge on any atom is -0.494 e. The summed E-state index contributed by atoms with van der Waals surface area (Å²) in [7, 11) is 0. The van der Waals surface area contributed by atoms with Crippen LogP contribution in [0, 0.1) is 5.92 Å². The Morgan fingerprint density at radius 1 is 1.50 bits per heavy atom. The molecule has 2 aromatic rings. The summed E-state index contributed by atoms with van der Waals surface area (Å²) in [5.74, 6) is -0.0551. The van der Waals surface area contributed by atoms with E-state index in [2.05, 4.69) is 4.98 Å². The number of aromatic nitrogens is 1. The number of rotatable bonds is 4. The summed E-state index contributed by atoms with van der Waals surface area (Å²) in [6, 6.07) is 5.86. The highest BCUT2D eigenvalue weighted by Gasteiger charge is 2.35. The number of carboxylic acid groups (broad SMARTS) is 1. The third kappa shape index (κ3) is 2.38. The van der Waals surface area contributed by atoms with Gasteiger partial charge in [-0.15, -0.1) is 11.3 Å². The summed E-state index contributed by atoms with van der Waals surface area (Å²) in [4.78, 5) is 15.9. The number of benzene rings is 1. The van der Waals surface area contributed by atoms with Gasteiger partial charge in [0, 0.05) is 5.92 Å². The molecule has 0 amide bonds. The SMILES string of the molecule is CCOc1ccc2nc(C3CCCC3C(=O)O)sc2c1. The van der Waals surface area contributed by atoms with Crippen molar-refractivity contribution in [2.45, 2.75) is 32.1 Å². The summed E-state index contributed by atoms with van der Waals surface area (Å²) in [5.41, 5.74) is 0.935. The van der Waals surface area contributed by atoms with Crippen molar-refractivity contribution in [2.75, 3.05) is 6.61 Å². The fraction of sp³-hybridized carbons (Fsp3) is 0.467. The molecular weight excluding hydrogens is 274 g/mol. The molecule has 0 aliphatic heterocycles. The standard InChI is InChI=1S/C15H17NO3S/c1-2-19-9-6-7-12-13(8-9)20-14(16-12)10-4-3-5-11(10)15(17)18/h6-8,10-11H,2-5H2,1H3,(H,17,18). The minimum absolute atomic E-state index is 0.0699. The zero-order valence-electron chi connectivity index (χ0n) is 11.3. The molecule has 0 saturated heterocycles. The Bertz CT molecular complexity index is 637. The highest BCUT2D eigenvalue weighted by molar-refractivity contribution is 7.18. The fourth-order valence-corrected chi connectivity index (χ4v) is 4.09.